The molecule has 0 bridgehead atoms. The second kappa shape index (κ2) is 7.08. The molecule has 0 spiro atoms. The Kier molecular flexibility index (Phi) is 4.80. The average molecular weight is 433 g/mol. The zero-order chi connectivity index (χ0) is 22.0. The van der Waals surface area contributed by atoms with Crippen LogP contribution in [0.15, 0.2) is 30.6 Å². The van der Waals surface area contributed by atoms with E-state index >= 15 is 0 Å². The van der Waals surface area contributed by atoms with Gasteiger partial charge in [0.2, 0.25) is 0 Å². The van der Waals surface area contributed by atoms with E-state index in [1.54, 1.807) is 6.20 Å². The van der Waals surface area contributed by atoms with Crippen LogP contribution >= 0.6 is 0 Å². The van der Waals surface area contributed by atoms with E-state index in [4.69, 9.17) is 0 Å². The summed E-state index contributed by atoms with van der Waals surface area (Å²) in [6.45, 7) is 4.80. The van der Waals surface area contributed by atoms with E-state index in [-0.39, 0.29) is 23.4 Å². The lowest BCUT2D eigenvalue weighted by Gasteiger charge is -2.62. The van der Waals surface area contributed by atoms with Crippen LogP contribution in [0.25, 0.3) is 5.57 Å². The maximum atomic E-state index is 13.3. The summed E-state index contributed by atoms with van der Waals surface area (Å²) in [5, 5.41) is 0. The van der Waals surface area contributed by atoms with Crippen LogP contribution in [0, 0.1) is 28.6 Å². The molecule has 1 aliphatic heterocycles. The molecule has 3 aliphatic carbocycles. The number of likely N-dealkylation sites (tertiary alicyclic amines) is 1. The van der Waals surface area contributed by atoms with Gasteiger partial charge in [-0.25, -0.2) is 0 Å². The molecular formula is C25H31F3N2O. The third kappa shape index (κ3) is 3.07. The molecule has 0 unspecified atom stereocenters. The molecule has 0 N–H and O–H groups in total. The molecule has 2 saturated carbocycles. The number of alkyl halides is 3. The van der Waals surface area contributed by atoms with Crippen molar-refractivity contribution in [1.29, 1.82) is 0 Å². The van der Waals surface area contributed by atoms with Gasteiger partial charge in [-0.2, -0.15) is 13.2 Å². The Balaban J connectivity index is 1.42. The number of piperidine rings is 1. The SMILES string of the molecule is C[C@]12CCCN(C(=O)C(F)(F)F)[C@H]1CC[C@@H]1[C@@H]2CC[C@]2(C)C(c3cccnc3)=CC[C@@H]12. The third-order valence-corrected chi connectivity index (χ3v) is 9.37. The van der Waals surface area contributed by atoms with E-state index in [1.807, 2.05) is 12.3 Å². The number of rotatable bonds is 1. The van der Waals surface area contributed by atoms with Gasteiger partial charge in [-0.3, -0.25) is 9.78 Å². The third-order valence-electron chi connectivity index (χ3n) is 9.37. The van der Waals surface area contributed by atoms with Crippen molar-refractivity contribution in [2.45, 2.75) is 71.0 Å². The van der Waals surface area contributed by atoms with Crippen LogP contribution in [-0.2, 0) is 4.79 Å². The lowest BCUT2D eigenvalue weighted by molar-refractivity contribution is -0.200. The highest BCUT2D eigenvalue weighted by atomic mass is 19.4. The van der Waals surface area contributed by atoms with E-state index in [0.717, 1.165) is 32.1 Å². The minimum absolute atomic E-state index is 0.101. The van der Waals surface area contributed by atoms with Crippen molar-refractivity contribution in [3.05, 3.63) is 36.2 Å². The summed E-state index contributed by atoms with van der Waals surface area (Å²) in [7, 11) is 0. The molecule has 168 valence electrons. The van der Waals surface area contributed by atoms with Crippen molar-refractivity contribution in [1.82, 2.24) is 9.88 Å². The van der Waals surface area contributed by atoms with Crippen LogP contribution in [0.2, 0.25) is 0 Å². The highest BCUT2D eigenvalue weighted by Crippen LogP contribution is 2.66. The van der Waals surface area contributed by atoms with Gasteiger partial charge in [0.25, 0.3) is 0 Å². The molecule has 6 atom stereocenters. The van der Waals surface area contributed by atoms with Crippen molar-refractivity contribution in [3.8, 4) is 0 Å². The predicted octanol–water partition coefficient (Wildman–Crippen LogP) is 5.87. The molecule has 3 fully saturated rings. The van der Waals surface area contributed by atoms with Gasteiger partial charge in [0.15, 0.2) is 0 Å². The van der Waals surface area contributed by atoms with Crippen LogP contribution in [0.4, 0.5) is 13.2 Å². The zero-order valence-electron chi connectivity index (χ0n) is 18.3. The molecule has 6 heteroatoms. The van der Waals surface area contributed by atoms with Gasteiger partial charge in [0, 0.05) is 25.0 Å². The van der Waals surface area contributed by atoms with Crippen molar-refractivity contribution in [2.75, 3.05) is 6.54 Å². The molecule has 1 aromatic rings. The fourth-order valence-electron chi connectivity index (χ4n) is 8.03. The van der Waals surface area contributed by atoms with Gasteiger partial charge >= 0.3 is 12.1 Å². The number of halogens is 3. The Morgan fingerprint density at radius 1 is 1.16 bits per heavy atom. The molecule has 0 radical (unpaired) electrons. The number of amides is 1. The largest absolute Gasteiger partial charge is 0.471 e. The van der Waals surface area contributed by atoms with E-state index in [1.165, 1.54) is 16.0 Å². The smallest absolute Gasteiger partial charge is 0.331 e. The molecule has 5 rings (SSSR count). The Morgan fingerprint density at radius 2 is 1.97 bits per heavy atom. The Bertz CT molecular complexity index is 898. The van der Waals surface area contributed by atoms with Crippen LogP contribution in [0.1, 0.15) is 64.4 Å². The summed E-state index contributed by atoms with van der Waals surface area (Å²) in [6, 6.07) is 3.84. The van der Waals surface area contributed by atoms with E-state index in [9.17, 15) is 18.0 Å². The normalized spacial score (nSPS) is 39.9. The lowest BCUT2D eigenvalue weighted by atomic mass is 9.46. The fourth-order valence-corrected chi connectivity index (χ4v) is 8.03. The number of nitrogens with zero attached hydrogens (tertiary/aromatic N) is 2. The molecule has 2 heterocycles. The zero-order valence-corrected chi connectivity index (χ0v) is 18.3. The first-order valence-electron chi connectivity index (χ1n) is 11.6. The van der Waals surface area contributed by atoms with Gasteiger partial charge in [0.1, 0.15) is 0 Å². The molecule has 0 aromatic carbocycles. The van der Waals surface area contributed by atoms with Gasteiger partial charge in [-0.05, 0) is 90.7 Å². The van der Waals surface area contributed by atoms with Crippen molar-refractivity contribution in [2.24, 2.45) is 28.6 Å². The molecular weight excluding hydrogens is 401 g/mol. The number of aromatic nitrogens is 1. The first kappa shape index (κ1) is 21.0. The molecule has 1 saturated heterocycles. The summed E-state index contributed by atoms with van der Waals surface area (Å²) < 4.78 is 39.8. The quantitative estimate of drug-likeness (QED) is 0.556. The molecule has 1 aromatic heterocycles. The van der Waals surface area contributed by atoms with E-state index in [0.29, 0.717) is 30.6 Å². The van der Waals surface area contributed by atoms with E-state index in [2.05, 4.69) is 31.0 Å². The molecule has 1 amide bonds. The number of carbonyl (C=O) groups excluding carboxylic acids is 1. The van der Waals surface area contributed by atoms with Crippen molar-refractivity contribution < 1.29 is 18.0 Å². The second-order valence-corrected chi connectivity index (χ2v) is 10.6. The Hall–Kier alpha value is -1.85. The van der Waals surface area contributed by atoms with Crippen molar-refractivity contribution in [3.63, 3.8) is 0 Å². The van der Waals surface area contributed by atoms with Gasteiger partial charge < -0.3 is 4.90 Å². The Labute approximate surface area is 182 Å². The summed E-state index contributed by atoms with van der Waals surface area (Å²) in [4.78, 5) is 17.7. The minimum Gasteiger partial charge on any atom is -0.331 e. The summed E-state index contributed by atoms with van der Waals surface area (Å²) >= 11 is 0. The van der Waals surface area contributed by atoms with Crippen LogP contribution in [0.5, 0.6) is 0 Å². The number of allylic oxidation sites excluding steroid dienone is 2. The Morgan fingerprint density at radius 3 is 2.68 bits per heavy atom. The standard InChI is InChI=1S/C25H31F3N2O/c1-23-12-10-20-17(19(23)8-7-18(23)16-5-3-13-29-15-16)6-9-21-24(20,2)11-4-14-30(21)22(31)25(26,27)28/h3,5,7,13,15,17,19-21H,4,6,8-12,14H2,1-2H3/t17-,19-,20-,21-,23+,24+/m0/s1. The highest BCUT2D eigenvalue weighted by molar-refractivity contribution is 5.82. The predicted molar refractivity (Wildman–Crippen MR) is 113 cm³/mol. The number of fused-ring (bicyclic) bond motifs is 5. The highest BCUT2D eigenvalue weighted by Gasteiger charge is 2.61. The fraction of sp³-hybridized carbons (Fsp3) is 0.680. The first-order chi connectivity index (χ1) is 14.7. The number of hydrogen-bond donors (Lipinski definition) is 0. The van der Waals surface area contributed by atoms with E-state index < -0.39 is 12.1 Å². The summed E-state index contributed by atoms with van der Waals surface area (Å²) in [5.41, 5.74) is 2.48. The molecule has 4 aliphatic rings. The second-order valence-electron chi connectivity index (χ2n) is 10.6. The average Bonchev–Trinajstić information content (AvgIpc) is 3.09. The van der Waals surface area contributed by atoms with Crippen LogP contribution in [-0.4, -0.2) is 34.6 Å². The number of hydrogen-bond acceptors (Lipinski definition) is 2. The van der Waals surface area contributed by atoms with Gasteiger partial charge in [-0.15, -0.1) is 0 Å². The van der Waals surface area contributed by atoms with Crippen LogP contribution < -0.4 is 0 Å². The molecule has 31 heavy (non-hydrogen) atoms. The van der Waals surface area contributed by atoms with Gasteiger partial charge in [-0.1, -0.05) is 26.0 Å². The van der Waals surface area contributed by atoms with Crippen LogP contribution in [0.3, 0.4) is 0 Å². The summed E-state index contributed by atoms with van der Waals surface area (Å²) in [6.07, 6.45) is 7.66. The summed E-state index contributed by atoms with van der Waals surface area (Å²) in [5.74, 6) is -0.224. The van der Waals surface area contributed by atoms with Crippen molar-refractivity contribution >= 4 is 11.5 Å². The minimum atomic E-state index is -4.78. The monoisotopic (exact) mass is 432 g/mol. The first-order valence-corrected chi connectivity index (χ1v) is 11.6. The molecule has 3 nitrogen and oxygen atoms in total. The maximum absolute atomic E-state index is 13.3. The topological polar surface area (TPSA) is 33.2 Å². The number of carbonyl (C=O) groups is 1. The van der Waals surface area contributed by atoms with Gasteiger partial charge in [0.05, 0.1) is 0 Å². The number of pyridine rings is 1. The maximum Gasteiger partial charge on any atom is 0.471 e. The lowest BCUT2D eigenvalue weighted by Crippen LogP contribution is -2.63.